The van der Waals surface area contributed by atoms with Crippen molar-refractivity contribution in [3.05, 3.63) is 47.4 Å². The van der Waals surface area contributed by atoms with E-state index in [-0.39, 0.29) is 46.5 Å². The quantitative estimate of drug-likeness (QED) is 0.726. The molecular weight excluding hydrogens is 381 g/mol. The van der Waals surface area contributed by atoms with E-state index in [0.29, 0.717) is 32.2 Å². The van der Waals surface area contributed by atoms with Gasteiger partial charge in [-0.1, -0.05) is 32.1 Å². The number of fused-ring (bicyclic) bond motifs is 5. The van der Waals surface area contributed by atoms with Crippen LogP contribution in [-0.2, 0) is 20.9 Å². The summed E-state index contributed by atoms with van der Waals surface area (Å²) < 4.78 is 13.3. The fraction of sp³-hybridized carbons (Fsp3) is 0.560. The number of nitrogens with zero attached hydrogens (tertiary/aromatic N) is 1. The van der Waals surface area contributed by atoms with Crippen molar-refractivity contribution in [1.82, 2.24) is 4.90 Å². The molecule has 4 nitrogen and oxygen atoms in total. The first kappa shape index (κ1) is 19.7. The van der Waals surface area contributed by atoms with Crippen molar-refractivity contribution < 1.29 is 18.8 Å². The summed E-state index contributed by atoms with van der Waals surface area (Å²) in [6.07, 6.45) is 5.77. The summed E-state index contributed by atoms with van der Waals surface area (Å²) in [6, 6.07) is 6.25. The van der Waals surface area contributed by atoms with Crippen molar-refractivity contribution in [2.24, 2.45) is 28.6 Å². The maximum Gasteiger partial charge on any atom is 0.227 e. The minimum atomic E-state index is -0.502. The second kappa shape index (κ2) is 6.60. The summed E-state index contributed by atoms with van der Waals surface area (Å²) in [5.74, 6) is 0.503. The Hall–Kier alpha value is -2.30. The number of carbonyl (C=O) groups excluding carboxylic acids is 3. The second-order valence-electron chi connectivity index (χ2n) is 10.1. The second-order valence-corrected chi connectivity index (χ2v) is 10.1. The van der Waals surface area contributed by atoms with Crippen LogP contribution in [-0.4, -0.2) is 22.4 Å². The standard InChI is InChI=1S/C25H28FNO3/c1-24-12-11-22(30)27(14-15-3-5-16(26)6-4-15)20(24)9-7-17-18-8-10-21(29)25(18,2)13-19(28)23(17)24/h3-6,9,17-18,23H,7-8,10-14H2,1-2H3/t17-,18-,23+,24?,25-/m0/s1. The minimum Gasteiger partial charge on any atom is -0.312 e. The summed E-state index contributed by atoms with van der Waals surface area (Å²) in [4.78, 5) is 40.7. The van der Waals surface area contributed by atoms with E-state index in [0.717, 1.165) is 24.1 Å². The molecule has 1 unspecified atom stereocenters. The Kier molecular flexibility index (Phi) is 4.32. The lowest BCUT2D eigenvalue weighted by Gasteiger charge is -2.56. The lowest BCUT2D eigenvalue weighted by atomic mass is 9.49. The molecule has 5 atom stereocenters. The van der Waals surface area contributed by atoms with Crippen LogP contribution >= 0.6 is 0 Å². The van der Waals surface area contributed by atoms with Crippen LogP contribution in [0.2, 0.25) is 0 Å². The molecule has 3 fully saturated rings. The zero-order chi connectivity index (χ0) is 21.3. The SMILES string of the molecule is CC12CCC(=O)N(Cc3ccc(F)cc3)C1=CC[C@@H]1[C@@H]2C(=O)C[C@]2(C)C(=O)CC[C@@H]12. The van der Waals surface area contributed by atoms with E-state index in [2.05, 4.69) is 13.0 Å². The number of halogens is 1. The number of hydrogen-bond donors (Lipinski definition) is 0. The number of piperidine rings is 1. The Balaban J connectivity index is 1.52. The Labute approximate surface area is 176 Å². The van der Waals surface area contributed by atoms with Gasteiger partial charge in [0.15, 0.2) is 0 Å². The Morgan fingerprint density at radius 1 is 1.07 bits per heavy atom. The van der Waals surface area contributed by atoms with Gasteiger partial charge in [0.2, 0.25) is 5.91 Å². The highest BCUT2D eigenvalue weighted by Gasteiger charge is 2.62. The Bertz CT molecular complexity index is 967. The molecule has 1 aliphatic heterocycles. The average molecular weight is 410 g/mol. The number of Topliss-reactive ketones (excluding diaryl/α,β-unsaturated/α-hetero) is 2. The van der Waals surface area contributed by atoms with Crippen LogP contribution < -0.4 is 0 Å². The highest BCUT2D eigenvalue weighted by Crippen LogP contribution is 2.62. The summed E-state index contributed by atoms with van der Waals surface area (Å²) in [7, 11) is 0. The van der Waals surface area contributed by atoms with E-state index in [1.54, 1.807) is 12.1 Å². The summed E-state index contributed by atoms with van der Waals surface area (Å²) >= 11 is 0. The van der Waals surface area contributed by atoms with Crippen molar-refractivity contribution >= 4 is 17.5 Å². The summed E-state index contributed by atoms with van der Waals surface area (Å²) in [5, 5.41) is 0. The first-order valence-electron chi connectivity index (χ1n) is 11.1. The zero-order valence-electron chi connectivity index (χ0n) is 17.6. The predicted molar refractivity (Wildman–Crippen MR) is 109 cm³/mol. The molecule has 0 N–H and O–H groups in total. The lowest BCUT2D eigenvalue weighted by Crippen LogP contribution is -2.57. The van der Waals surface area contributed by atoms with Gasteiger partial charge in [0.05, 0.1) is 6.54 Å². The van der Waals surface area contributed by atoms with Crippen LogP contribution in [0.3, 0.4) is 0 Å². The number of rotatable bonds is 2. The highest BCUT2D eigenvalue weighted by molar-refractivity contribution is 5.96. The van der Waals surface area contributed by atoms with Crippen molar-refractivity contribution in [3.8, 4) is 0 Å². The van der Waals surface area contributed by atoms with Gasteiger partial charge in [-0.2, -0.15) is 0 Å². The number of allylic oxidation sites excluding steroid dienone is 2. The maximum absolute atomic E-state index is 13.4. The molecule has 158 valence electrons. The molecule has 30 heavy (non-hydrogen) atoms. The van der Waals surface area contributed by atoms with Crippen molar-refractivity contribution in [3.63, 3.8) is 0 Å². The maximum atomic E-state index is 13.4. The fourth-order valence-electron chi connectivity index (χ4n) is 7.01. The monoisotopic (exact) mass is 409 g/mol. The lowest BCUT2D eigenvalue weighted by molar-refractivity contribution is -0.152. The smallest absolute Gasteiger partial charge is 0.227 e. The van der Waals surface area contributed by atoms with Gasteiger partial charge in [-0.25, -0.2) is 4.39 Å². The number of amides is 1. The zero-order valence-corrected chi connectivity index (χ0v) is 17.6. The normalized spacial score (nSPS) is 38.1. The number of carbonyl (C=O) groups is 3. The number of benzene rings is 1. The van der Waals surface area contributed by atoms with Crippen LogP contribution in [0.25, 0.3) is 0 Å². The summed E-state index contributed by atoms with van der Waals surface area (Å²) in [6.45, 7) is 4.52. The van der Waals surface area contributed by atoms with E-state index in [4.69, 9.17) is 0 Å². The van der Waals surface area contributed by atoms with Gasteiger partial charge in [0.1, 0.15) is 17.4 Å². The van der Waals surface area contributed by atoms with Gasteiger partial charge in [-0.05, 0) is 48.8 Å². The molecule has 1 heterocycles. The molecule has 5 rings (SSSR count). The van der Waals surface area contributed by atoms with E-state index in [1.807, 2.05) is 11.8 Å². The number of ketones is 2. The predicted octanol–water partition coefficient (Wildman–Crippen LogP) is 4.43. The molecule has 1 amide bonds. The van der Waals surface area contributed by atoms with E-state index in [9.17, 15) is 18.8 Å². The first-order chi connectivity index (χ1) is 14.2. The highest BCUT2D eigenvalue weighted by atomic mass is 19.1. The summed E-state index contributed by atoms with van der Waals surface area (Å²) in [5.41, 5.74) is 0.936. The molecule has 1 aromatic carbocycles. The third-order valence-corrected chi connectivity index (χ3v) is 8.53. The van der Waals surface area contributed by atoms with E-state index < -0.39 is 5.41 Å². The molecule has 0 bridgehead atoms. The topological polar surface area (TPSA) is 54.5 Å². The van der Waals surface area contributed by atoms with E-state index in [1.165, 1.54) is 12.1 Å². The largest absolute Gasteiger partial charge is 0.312 e. The molecule has 2 saturated carbocycles. The number of likely N-dealkylation sites (tertiary alicyclic amines) is 1. The Morgan fingerprint density at radius 2 is 1.80 bits per heavy atom. The molecule has 3 aliphatic carbocycles. The van der Waals surface area contributed by atoms with Crippen LogP contribution in [0, 0.1) is 34.4 Å². The molecule has 1 aromatic rings. The molecule has 5 heteroatoms. The molecular formula is C25H28FNO3. The fourth-order valence-corrected chi connectivity index (χ4v) is 7.01. The van der Waals surface area contributed by atoms with Crippen LogP contribution in [0.5, 0.6) is 0 Å². The molecule has 0 spiro atoms. The van der Waals surface area contributed by atoms with Gasteiger partial charge in [0.25, 0.3) is 0 Å². The molecule has 0 radical (unpaired) electrons. The van der Waals surface area contributed by atoms with Gasteiger partial charge >= 0.3 is 0 Å². The first-order valence-corrected chi connectivity index (χ1v) is 11.1. The van der Waals surface area contributed by atoms with Gasteiger partial charge in [-0.15, -0.1) is 0 Å². The van der Waals surface area contributed by atoms with Crippen LogP contribution in [0.4, 0.5) is 4.39 Å². The van der Waals surface area contributed by atoms with Gasteiger partial charge in [-0.3, -0.25) is 14.4 Å². The van der Waals surface area contributed by atoms with Crippen molar-refractivity contribution in [1.29, 1.82) is 0 Å². The minimum absolute atomic E-state index is 0.0608. The van der Waals surface area contributed by atoms with Gasteiger partial charge in [0, 0.05) is 41.7 Å². The molecule has 0 aromatic heterocycles. The van der Waals surface area contributed by atoms with Gasteiger partial charge < -0.3 is 4.90 Å². The number of hydrogen-bond acceptors (Lipinski definition) is 3. The third-order valence-electron chi connectivity index (χ3n) is 8.53. The molecule has 4 aliphatic rings. The Morgan fingerprint density at radius 3 is 2.53 bits per heavy atom. The third kappa shape index (κ3) is 2.67. The van der Waals surface area contributed by atoms with Crippen molar-refractivity contribution in [2.45, 2.75) is 58.9 Å². The average Bonchev–Trinajstić information content (AvgIpc) is 3.00. The van der Waals surface area contributed by atoms with Crippen LogP contribution in [0.1, 0.15) is 57.9 Å². The molecule has 1 saturated heterocycles. The van der Waals surface area contributed by atoms with Crippen molar-refractivity contribution in [2.75, 3.05) is 0 Å². The van der Waals surface area contributed by atoms with E-state index >= 15 is 0 Å². The van der Waals surface area contributed by atoms with Crippen LogP contribution in [0.15, 0.2) is 36.0 Å².